The number of amides is 3. The average Bonchev–Trinajstić information content (AvgIpc) is 2.87. The van der Waals surface area contributed by atoms with E-state index in [4.69, 9.17) is 9.47 Å². The number of methoxy groups -OCH3 is 2. The number of fused-ring (bicyclic) bond motifs is 1. The van der Waals surface area contributed by atoms with Gasteiger partial charge < -0.3 is 14.4 Å². The van der Waals surface area contributed by atoms with E-state index >= 15 is 0 Å². The number of nitrogens with zero attached hydrogens (tertiary/aromatic N) is 2. The lowest BCUT2D eigenvalue weighted by Crippen LogP contribution is -2.37. The second-order valence-corrected chi connectivity index (χ2v) is 5.78. The number of carbonyl (C=O) groups is 3. The minimum absolute atomic E-state index is 0.0364. The number of hydrogen-bond donors (Lipinski definition) is 0. The molecule has 7 heteroatoms. The highest BCUT2D eigenvalue weighted by atomic mass is 16.5. The first-order valence-electron chi connectivity index (χ1n) is 8.31. The molecular weight excluding hydrogens is 324 g/mol. The summed E-state index contributed by atoms with van der Waals surface area (Å²) >= 11 is 0. The third-order valence-electron chi connectivity index (χ3n) is 4.13. The zero-order valence-electron chi connectivity index (χ0n) is 14.7. The lowest BCUT2D eigenvalue weighted by atomic mass is 10.1. The van der Waals surface area contributed by atoms with E-state index < -0.39 is 0 Å². The Bertz CT molecular complexity index is 589. The van der Waals surface area contributed by atoms with Crippen LogP contribution in [0.2, 0.25) is 0 Å². The van der Waals surface area contributed by atoms with Gasteiger partial charge in [-0.25, -0.2) is 0 Å². The molecular formula is C18H24N2O5. The fraction of sp³-hybridized carbons (Fsp3) is 0.500. The molecule has 2 rings (SSSR count). The number of hydrogen-bond acceptors (Lipinski definition) is 5. The zero-order chi connectivity index (χ0) is 18.2. The van der Waals surface area contributed by atoms with Crippen LogP contribution in [0.15, 0.2) is 24.3 Å². The van der Waals surface area contributed by atoms with Gasteiger partial charge in [0.05, 0.1) is 24.3 Å². The smallest absolute Gasteiger partial charge is 0.261 e. The van der Waals surface area contributed by atoms with Gasteiger partial charge in [-0.3, -0.25) is 19.3 Å². The third kappa shape index (κ3) is 4.64. The van der Waals surface area contributed by atoms with E-state index in [0.29, 0.717) is 43.9 Å². The molecule has 0 saturated heterocycles. The third-order valence-corrected chi connectivity index (χ3v) is 4.13. The molecule has 0 fully saturated rings. The normalized spacial score (nSPS) is 13.3. The predicted molar refractivity (Wildman–Crippen MR) is 91.4 cm³/mol. The fourth-order valence-corrected chi connectivity index (χ4v) is 2.75. The van der Waals surface area contributed by atoms with E-state index in [1.165, 1.54) is 4.90 Å². The minimum atomic E-state index is -0.288. The summed E-state index contributed by atoms with van der Waals surface area (Å²) in [6, 6.07) is 6.77. The molecule has 25 heavy (non-hydrogen) atoms. The van der Waals surface area contributed by atoms with Crippen LogP contribution in [-0.4, -0.2) is 74.6 Å². The molecule has 1 heterocycles. The molecule has 1 aliphatic rings. The highest BCUT2D eigenvalue weighted by Crippen LogP contribution is 2.22. The number of imide groups is 1. The topological polar surface area (TPSA) is 76.2 Å². The lowest BCUT2D eigenvalue weighted by molar-refractivity contribution is -0.132. The van der Waals surface area contributed by atoms with Crippen LogP contribution in [-0.2, 0) is 14.3 Å². The van der Waals surface area contributed by atoms with Crippen molar-refractivity contribution in [2.75, 3.05) is 47.1 Å². The van der Waals surface area contributed by atoms with Gasteiger partial charge in [-0.15, -0.1) is 0 Å². The highest BCUT2D eigenvalue weighted by Gasteiger charge is 2.34. The average molecular weight is 348 g/mol. The van der Waals surface area contributed by atoms with Gasteiger partial charge in [0.1, 0.15) is 0 Å². The van der Waals surface area contributed by atoms with Crippen molar-refractivity contribution in [3.05, 3.63) is 35.4 Å². The Labute approximate surface area is 147 Å². The van der Waals surface area contributed by atoms with E-state index in [0.717, 1.165) is 0 Å². The maximum absolute atomic E-state index is 12.3. The molecule has 0 spiro atoms. The van der Waals surface area contributed by atoms with Crippen molar-refractivity contribution in [3.8, 4) is 0 Å². The SMILES string of the molecule is COCCN(CCOC)C(=O)CCCN1C(=O)c2ccccc2C1=O. The first-order valence-corrected chi connectivity index (χ1v) is 8.31. The summed E-state index contributed by atoms with van der Waals surface area (Å²) in [7, 11) is 3.17. The van der Waals surface area contributed by atoms with E-state index in [1.807, 2.05) is 0 Å². The Kier molecular flexibility index (Phi) is 7.09. The quantitative estimate of drug-likeness (QED) is 0.594. The Balaban J connectivity index is 1.86. The van der Waals surface area contributed by atoms with E-state index in [1.54, 1.807) is 43.4 Å². The molecule has 0 atom stereocenters. The Morgan fingerprint density at radius 2 is 1.52 bits per heavy atom. The van der Waals surface area contributed by atoms with Gasteiger partial charge >= 0.3 is 0 Å². The van der Waals surface area contributed by atoms with Gasteiger partial charge in [-0.2, -0.15) is 0 Å². The van der Waals surface area contributed by atoms with E-state index in [-0.39, 0.29) is 30.7 Å². The lowest BCUT2D eigenvalue weighted by Gasteiger charge is -2.22. The Morgan fingerprint density at radius 3 is 2.00 bits per heavy atom. The standard InChI is InChI=1S/C18H24N2O5/c1-24-12-10-19(11-13-25-2)16(21)8-5-9-20-17(22)14-6-3-4-7-15(14)18(20)23/h3-4,6-7H,5,8-13H2,1-2H3. The van der Waals surface area contributed by atoms with Crippen molar-refractivity contribution in [1.29, 1.82) is 0 Å². The molecule has 3 amide bonds. The molecule has 7 nitrogen and oxygen atoms in total. The van der Waals surface area contributed by atoms with E-state index in [2.05, 4.69) is 0 Å². The van der Waals surface area contributed by atoms with Crippen LogP contribution >= 0.6 is 0 Å². The second-order valence-electron chi connectivity index (χ2n) is 5.78. The molecule has 0 N–H and O–H groups in total. The zero-order valence-corrected chi connectivity index (χ0v) is 14.7. The van der Waals surface area contributed by atoms with Crippen LogP contribution in [0, 0.1) is 0 Å². The summed E-state index contributed by atoms with van der Waals surface area (Å²) in [4.78, 5) is 39.8. The summed E-state index contributed by atoms with van der Waals surface area (Å²) in [6.45, 7) is 2.12. The molecule has 136 valence electrons. The van der Waals surface area contributed by atoms with Gasteiger partial charge in [0, 0.05) is 40.3 Å². The van der Waals surface area contributed by atoms with Gasteiger partial charge in [-0.1, -0.05) is 12.1 Å². The Hall–Kier alpha value is -2.25. The first-order chi connectivity index (χ1) is 12.1. The minimum Gasteiger partial charge on any atom is -0.383 e. The van der Waals surface area contributed by atoms with Crippen molar-refractivity contribution in [3.63, 3.8) is 0 Å². The van der Waals surface area contributed by atoms with Crippen LogP contribution < -0.4 is 0 Å². The van der Waals surface area contributed by atoms with Gasteiger partial charge in [0.15, 0.2) is 0 Å². The predicted octanol–water partition coefficient (Wildman–Crippen LogP) is 1.18. The van der Waals surface area contributed by atoms with Gasteiger partial charge in [0.2, 0.25) is 5.91 Å². The monoisotopic (exact) mass is 348 g/mol. The van der Waals surface area contributed by atoms with E-state index in [9.17, 15) is 14.4 Å². The van der Waals surface area contributed by atoms with Crippen LogP contribution in [0.5, 0.6) is 0 Å². The maximum Gasteiger partial charge on any atom is 0.261 e. The van der Waals surface area contributed by atoms with Crippen molar-refractivity contribution < 1.29 is 23.9 Å². The first kappa shape index (κ1) is 19.1. The maximum atomic E-state index is 12.3. The highest BCUT2D eigenvalue weighted by molar-refractivity contribution is 6.21. The number of benzene rings is 1. The summed E-state index contributed by atoms with van der Waals surface area (Å²) in [6.07, 6.45) is 0.696. The number of carbonyl (C=O) groups excluding carboxylic acids is 3. The molecule has 0 bridgehead atoms. The number of ether oxygens (including phenoxy) is 2. The van der Waals surface area contributed by atoms with Crippen molar-refractivity contribution in [1.82, 2.24) is 9.80 Å². The summed E-state index contributed by atoms with van der Waals surface area (Å²) in [5.41, 5.74) is 0.862. The fourth-order valence-electron chi connectivity index (χ4n) is 2.75. The molecule has 1 aromatic carbocycles. The largest absolute Gasteiger partial charge is 0.383 e. The molecule has 0 aromatic heterocycles. The van der Waals surface area contributed by atoms with Crippen molar-refractivity contribution in [2.24, 2.45) is 0 Å². The van der Waals surface area contributed by atoms with Gasteiger partial charge in [0.25, 0.3) is 11.8 Å². The second kappa shape index (κ2) is 9.29. The molecule has 1 aromatic rings. The van der Waals surface area contributed by atoms with Crippen molar-refractivity contribution >= 4 is 17.7 Å². The van der Waals surface area contributed by atoms with Gasteiger partial charge in [-0.05, 0) is 18.6 Å². The molecule has 0 saturated carbocycles. The van der Waals surface area contributed by atoms with Crippen LogP contribution in [0.4, 0.5) is 0 Å². The summed E-state index contributed by atoms with van der Waals surface area (Å²) < 4.78 is 10.0. The molecule has 0 unspecified atom stereocenters. The van der Waals surface area contributed by atoms with Crippen LogP contribution in [0.1, 0.15) is 33.6 Å². The van der Waals surface area contributed by atoms with Crippen molar-refractivity contribution in [2.45, 2.75) is 12.8 Å². The summed E-state index contributed by atoms with van der Waals surface area (Å²) in [5.74, 6) is -0.613. The number of rotatable bonds is 10. The molecule has 0 radical (unpaired) electrons. The van der Waals surface area contributed by atoms with Crippen LogP contribution in [0.3, 0.4) is 0 Å². The summed E-state index contributed by atoms with van der Waals surface area (Å²) in [5, 5.41) is 0. The van der Waals surface area contributed by atoms with Crippen LogP contribution in [0.25, 0.3) is 0 Å². The molecule has 0 aliphatic carbocycles. The Morgan fingerprint density at radius 1 is 1.00 bits per heavy atom. The molecule has 1 aliphatic heterocycles.